The van der Waals surface area contributed by atoms with Crippen molar-refractivity contribution in [3.8, 4) is 0 Å². The molecule has 2 rings (SSSR count). The Balaban J connectivity index is 1.86. The fourth-order valence-corrected chi connectivity index (χ4v) is 1.95. The molecular weight excluding hydrogens is 212 g/mol. The van der Waals surface area contributed by atoms with Crippen LogP contribution in [0.25, 0.3) is 0 Å². The predicted octanol–water partition coefficient (Wildman–Crippen LogP) is 2.22. The maximum atomic E-state index is 4.01. The summed E-state index contributed by atoms with van der Waals surface area (Å²) in [5.74, 6) is 0. The molecule has 2 heterocycles. The normalized spacial score (nSPS) is 10.9. The van der Waals surface area contributed by atoms with Gasteiger partial charge in [0.2, 0.25) is 0 Å². The highest BCUT2D eigenvalue weighted by molar-refractivity contribution is 5.14. The summed E-state index contributed by atoms with van der Waals surface area (Å²) >= 11 is 0. The second-order valence-electron chi connectivity index (χ2n) is 4.32. The van der Waals surface area contributed by atoms with E-state index in [2.05, 4.69) is 45.3 Å². The second-order valence-corrected chi connectivity index (χ2v) is 4.32. The number of aryl methyl sites for hydroxylation is 2. The summed E-state index contributed by atoms with van der Waals surface area (Å²) in [5.41, 5.74) is 3.72. The molecule has 0 bridgehead atoms. The summed E-state index contributed by atoms with van der Waals surface area (Å²) in [4.78, 5) is 0. The summed E-state index contributed by atoms with van der Waals surface area (Å²) in [7, 11) is 0. The predicted molar refractivity (Wildman–Crippen MR) is 68.6 cm³/mol. The van der Waals surface area contributed by atoms with E-state index in [1.807, 2.05) is 13.1 Å². The Labute approximate surface area is 102 Å². The van der Waals surface area contributed by atoms with E-state index in [0.717, 1.165) is 25.3 Å². The third-order valence-electron chi connectivity index (χ3n) is 2.94. The molecule has 0 saturated carbocycles. The van der Waals surface area contributed by atoms with Crippen LogP contribution in [0.1, 0.15) is 30.3 Å². The molecule has 0 radical (unpaired) electrons. The van der Waals surface area contributed by atoms with Gasteiger partial charge in [-0.05, 0) is 25.5 Å². The molecular formula is C13H20N4. The fourth-order valence-electron chi connectivity index (χ4n) is 1.95. The lowest BCUT2D eigenvalue weighted by atomic mass is 10.2. The first kappa shape index (κ1) is 11.9. The van der Waals surface area contributed by atoms with Crippen LogP contribution in [-0.2, 0) is 19.6 Å². The van der Waals surface area contributed by atoms with Crippen LogP contribution in [0, 0.1) is 6.92 Å². The molecule has 0 aliphatic heterocycles. The van der Waals surface area contributed by atoms with Crippen LogP contribution in [0.4, 0.5) is 0 Å². The SMILES string of the molecule is CCCn1cccc1CNCc1cn[nH]c1C. The van der Waals surface area contributed by atoms with Crippen LogP contribution >= 0.6 is 0 Å². The number of aromatic amines is 1. The molecule has 0 spiro atoms. The monoisotopic (exact) mass is 232 g/mol. The number of aromatic nitrogens is 3. The Morgan fingerprint density at radius 3 is 3.00 bits per heavy atom. The van der Waals surface area contributed by atoms with Crippen LogP contribution < -0.4 is 5.32 Å². The number of H-pyrrole nitrogens is 1. The Morgan fingerprint density at radius 1 is 1.41 bits per heavy atom. The van der Waals surface area contributed by atoms with Gasteiger partial charge in [-0.1, -0.05) is 6.92 Å². The first-order chi connectivity index (χ1) is 8.31. The second kappa shape index (κ2) is 5.68. The van der Waals surface area contributed by atoms with Crippen molar-refractivity contribution in [3.63, 3.8) is 0 Å². The van der Waals surface area contributed by atoms with Gasteiger partial charge in [-0.3, -0.25) is 5.10 Å². The van der Waals surface area contributed by atoms with Gasteiger partial charge >= 0.3 is 0 Å². The first-order valence-electron chi connectivity index (χ1n) is 6.15. The largest absolute Gasteiger partial charge is 0.350 e. The van der Waals surface area contributed by atoms with Crippen LogP contribution in [0.3, 0.4) is 0 Å². The topological polar surface area (TPSA) is 45.6 Å². The van der Waals surface area contributed by atoms with Gasteiger partial charge in [-0.25, -0.2) is 0 Å². The molecule has 2 aromatic heterocycles. The zero-order chi connectivity index (χ0) is 12.1. The maximum absolute atomic E-state index is 4.01. The highest BCUT2D eigenvalue weighted by atomic mass is 15.1. The Morgan fingerprint density at radius 2 is 2.29 bits per heavy atom. The van der Waals surface area contributed by atoms with Gasteiger partial charge in [0.25, 0.3) is 0 Å². The van der Waals surface area contributed by atoms with Crippen molar-refractivity contribution in [2.45, 2.75) is 39.9 Å². The lowest BCUT2D eigenvalue weighted by molar-refractivity contribution is 0.601. The van der Waals surface area contributed by atoms with Crippen molar-refractivity contribution < 1.29 is 0 Å². The summed E-state index contributed by atoms with van der Waals surface area (Å²) in [6, 6.07) is 4.28. The zero-order valence-electron chi connectivity index (χ0n) is 10.5. The van der Waals surface area contributed by atoms with E-state index < -0.39 is 0 Å². The molecule has 0 saturated heterocycles. The smallest absolute Gasteiger partial charge is 0.0535 e. The highest BCUT2D eigenvalue weighted by Gasteiger charge is 2.02. The van der Waals surface area contributed by atoms with Crippen molar-refractivity contribution >= 4 is 0 Å². The van der Waals surface area contributed by atoms with Gasteiger partial charge in [0.05, 0.1) is 6.20 Å². The quantitative estimate of drug-likeness (QED) is 0.802. The standard InChI is InChI=1S/C13H20N4/c1-3-6-17-7-4-5-13(17)10-14-8-12-9-15-16-11(12)2/h4-5,7,9,14H,3,6,8,10H2,1-2H3,(H,15,16). The molecule has 0 atom stereocenters. The third-order valence-corrected chi connectivity index (χ3v) is 2.94. The molecule has 2 aromatic rings. The van der Waals surface area contributed by atoms with Crippen molar-refractivity contribution in [2.24, 2.45) is 0 Å². The summed E-state index contributed by atoms with van der Waals surface area (Å²) in [6.45, 7) is 7.10. The minimum atomic E-state index is 0.861. The molecule has 0 fully saturated rings. The molecule has 92 valence electrons. The minimum Gasteiger partial charge on any atom is -0.350 e. The van der Waals surface area contributed by atoms with Crippen molar-refractivity contribution in [2.75, 3.05) is 0 Å². The third kappa shape index (κ3) is 2.97. The van der Waals surface area contributed by atoms with E-state index in [-0.39, 0.29) is 0 Å². The van der Waals surface area contributed by atoms with Crippen molar-refractivity contribution in [1.82, 2.24) is 20.1 Å². The molecule has 4 nitrogen and oxygen atoms in total. The zero-order valence-corrected chi connectivity index (χ0v) is 10.5. The van der Waals surface area contributed by atoms with E-state index in [1.165, 1.54) is 17.7 Å². The van der Waals surface area contributed by atoms with Crippen molar-refractivity contribution in [3.05, 3.63) is 41.5 Å². The highest BCUT2D eigenvalue weighted by Crippen LogP contribution is 2.05. The minimum absolute atomic E-state index is 0.861. The number of nitrogens with zero attached hydrogens (tertiary/aromatic N) is 2. The Kier molecular flexibility index (Phi) is 3.98. The Bertz CT molecular complexity index is 455. The molecule has 0 aliphatic rings. The summed E-state index contributed by atoms with van der Waals surface area (Å²) in [6.07, 6.45) is 5.19. The van der Waals surface area contributed by atoms with Gasteiger partial charge < -0.3 is 9.88 Å². The van der Waals surface area contributed by atoms with Gasteiger partial charge in [-0.15, -0.1) is 0 Å². The summed E-state index contributed by atoms with van der Waals surface area (Å²) < 4.78 is 2.30. The molecule has 2 N–H and O–H groups in total. The van der Waals surface area contributed by atoms with Crippen molar-refractivity contribution in [1.29, 1.82) is 0 Å². The lowest BCUT2D eigenvalue weighted by Crippen LogP contribution is -2.15. The number of hydrogen-bond donors (Lipinski definition) is 2. The fraction of sp³-hybridized carbons (Fsp3) is 0.462. The summed E-state index contributed by atoms with van der Waals surface area (Å²) in [5, 5.41) is 10.4. The van der Waals surface area contributed by atoms with E-state index in [0.29, 0.717) is 0 Å². The van der Waals surface area contributed by atoms with E-state index in [1.54, 1.807) is 0 Å². The average Bonchev–Trinajstić information content (AvgIpc) is 2.90. The van der Waals surface area contributed by atoms with Gasteiger partial charge in [-0.2, -0.15) is 5.10 Å². The molecule has 0 aromatic carbocycles. The van der Waals surface area contributed by atoms with Gasteiger partial charge in [0, 0.05) is 42.8 Å². The molecule has 0 amide bonds. The number of rotatable bonds is 6. The van der Waals surface area contributed by atoms with Crippen LogP contribution in [0.5, 0.6) is 0 Å². The molecule has 0 aliphatic carbocycles. The lowest BCUT2D eigenvalue weighted by Gasteiger charge is -2.08. The number of nitrogens with one attached hydrogen (secondary N) is 2. The molecule has 4 heteroatoms. The number of hydrogen-bond acceptors (Lipinski definition) is 2. The van der Waals surface area contributed by atoms with Crippen LogP contribution in [0.2, 0.25) is 0 Å². The van der Waals surface area contributed by atoms with E-state index in [9.17, 15) is 0 Å². The van der Waals surface area contributed by atoms with Gasteiger partial charge in [0.1, 0.15) is 0 Å². The van der Waals surface area contributed by atoms with Crippen LogP contribution in [0.15, 0.2) is 24.5 Å². The average molecular weight is 232 g/mol. The maximum Gasteiger partial charge on any atom is 0.0535 e. The molecule has 0 unspecified atom stereocenters. The van der Waals surface area contributed by atoms with E-state index in [4.69, 9.17) is 0 Å². The Hall–Kier alpha value is -1.55. The first-order valence-corrected chi connectivity index (χ1v) is 6.15. The molecule has 17 heavy (non-hydrogen) atoms. The van der Waals surface area contributed by atoms with Gasteiger partial charge in [0.15, 0.2) is 0 Å². The van der Waals surface area contributed by atoms with Crippen LogP contribution in [-0.4, -0.2) is 14.8 Å². The van der Waals surface area contributed by atoms with E-state index >= 15 is 0 Å².